The van der Waals surface area contributed by atoms with Crippen molar-refractivity contribution in [3.8, 4) is 0 Å². The van der Waals surface area contributed by atoms with Gasteiger partial charge >= 0.3 is 0 Å². The van der Waals surface area contributed by atoms with Gasteiger partial charge in [-0.25, -0.2) is 14.2 Å². The molecule has 0 amide bonds. The molecule has 0 bridgehead atoms. The van der Waals surface area contributed by atoms with Crippen LogP contribution in [0.3, 0.4) is 0 Å². The van der Waals surface area contributed by atoms with Crippen LogP contribution in [0.25, 0.3) is 0 Å². The Morgan fingerprint density at radius 2 is 2.00 bits per heavy atom. The number of rotatable bonds is 4. The molecule has 1 atom stereocenters. The largest absolute Gasteiger partial charge is 0.376 e. The van der Waals surface area contributed by atoms with Crippen LogP contribution in [0.1, 0.15) is 37.3 Å². The molecule has 0 radical (unpaired) electrons. The molecule has 1 aromatic carbocycles. The van der Waals surface area contributed by atoms with Gasteiger partial charge in [0.25, 0.3) is 0 Å². The van der Waals surface area contributed by atoms with Crippen molar-refractivity contribution in [3.63, 3.8) is 0 Å². The van der Waals surface area contributed by atoms with E-state index in [1.807, 2.05) is 0 Å². The van der Waals surface area contributed by atoms with Crippen molar-refractivity contribution in [1.29, 1.82) is 0 Å². The van der Waals surface area contributed by atoms with Crippen LogP contribution in [0, 0.1) is 11.6 Å². The molecular weight excluding hydrogens is 238 g/mol. The molecule has 1 aliphatic carbocycles. The lowest BCUT2D eigenvalue weighted by Crippen LogP contribution is -2.46. The molecule has 0 aromatic heterocycles. The van der Waals surface area contributed by atoms with Crippen LogP contribution in [0.4, 0.5) is 8.78 Å². The van der Waals surface area contributed by atoms with Crippen LogP contribution in [0.5, 0.6) is 0 Å². The summed E-state index contributed by atoms with van der Waals surface area (Å²) in [5, 5.41) is 0. The smallest absolute Gasteiger partial charge is 0.128 e. The lowest BCUT2D eigenvalue weighted by molar-refractivity contribution is -0.0377. The first-order valence-corrected chi connectivity index (χ1v) is 6.09. The molecule has 3 nitrogen and oxygen atoms in total. The summed E-state index contributed by atoms with van der Waals surface area (Å²) in [6.07, 6.45) is 3.58. The van der Waals surface area contributed by atoms with Gasteiger partial charge in [-0.15, -0.1) is 0 Å². The summed E-state index contributed by atoms with van der Waals surface area (Å²) in [4.78, 5) is 0. The van der Waals surface area contributed by atoms with Crippen LogP contribution < -0.4 is 11.3 Å². The Kier molecular flexibility index (Phi) is 3.94. The van der Waals surface area contributed by atoms with Crippen molar-refractivity contribution in [1.82, 2.24) is 5.43 Å². The molecule has 1 aliphatic rings. The molecule has 3 N–H and O–H groups in total. The summed E-state index contributed by atoms with van der Waals surface area (Å²) in [6.45, 7) is 0. The average Bonchev–Trinajstić information content (AvgIpc) is 2.84. The van der Waals surface area contributed by atoms with Crippen molar-refractivity contribution in [3.05, 3.63) is 35.4 Å². The number of hydrogen-bond donors (Lipinski definition) is 2. The Morgan fingerprint density at radius 1 is 1.33 bits per heavy atom. The number of nitrogens with one attached hydrogen (secondary N) is 1. The fraction of sp³-hybridized carbons (Fsp3) is 0.538. The van der Waals surface area contributed by atoms with E-state index in [0.717, 1.165) is 37.8 Å². The number of nitrogens with two attached hydrogens (primary N) is 1. The number of methoxy groups -OCH3 is 1. The number of ether oxygens (including phenoxy) is 1. The van der Waals surface area contributed by atoms with Crippen molar-refractivity contribution in [2.24, 2.45) is 5.84 Å². The van der Waals surface area contributed by atoms with Gasteiger partial charge in [0.2, 0.25) is 0 Å². The second kappa shape index (κ2) is 5.30. The van der Waals surface area contributed by atoms with Gasteiger partial charge in [0.05, 0.1) is 11.6 Å². The summed E-state index contributed by atoms with van der Waals surface area (Å²) < 4.78 is 32.7. The summed E-state index contributed by atoms with van der Waals surface area (Å²) >= 11 is 0. The van der Waals surface area contributed by atoms with Crippen molar-refractivity contribution >= 4 is 0 Å². The molecule has 18 heavy (non-hydrogen) atoms. The SMILES string of the molecule is COC1(C(NN)c2cc(F)ccc2F)CCCC1. The average molecular weight is 256 g/mol. The Morgan fingerprint density at radius 3 is 2.56 bits per heavy atom. The highest BCUT2D eigenvalue weighted by molar-refractivity contribution is 5.25. The van der Waals surface area contributed by atoms with E-state index in [4.69, 9.17) is 10.6 Å². The second-order valence-electron chi connectivity index (χ2n) is 4.74. The molecule has 5 heteroatoms. The van der Waals surface area contributed by atoms with Gasteiger partial charge in [-0.05, 0) is 31.0 Å². The lowest BCUT2D eigenvalue weighted by Gasteiger charge is -2.36. The third-order valence-electron chi connectivity index (χ3n) is 3.82. The summed E-state index contributed by atoms with van der Waals surface area (Å²) in [5.41, 5.74) is 2.26. The summed E-state index contributed by atoms with van der Waals surface area (Å²) in [6, 6.07) is 2.85. The van der Waals surface area contributed by atoms with Gasteiger partial charge < -0.3 is 4.74 Å². The maximum absolute atomic E-state index is 13.8. The lowest BCUT2D eigenvalue weighted by atomic mass is 9.87. The molecule has 2 rings (SSSR count). The van der Waals surface area contributed by atoms with Crippen LogP contribution in [0.15, 0.2) is 18.2 Å². The van der Waals surface area contributed by atoms with Gasteiger partial charge in [-0.3, -0.25) is 5.84 Å². The van der Waals surface area contributed by atoms with E-state index < -0.39 is 23.3 Å². The topological polar surface area (TPSA) is 47.3 Å². The molecule has 100 valence electrons. The Balaban J connectivity index is 2.40. The first kappa shape index (κ1) is 13.4. The Labute approximate surface area is 105 Å². The van der Waals surface area contributed by atoms with Crippen LogP contribution >= 0.6 is 0 Å². The molecule has 1 fully saturated rings. The minimum absolute atomic E-state index is 0.223. The first-order valence-electron chi connectivity index (χ1n) is 6.09. The number of benzene rings is 1. The third-order valence-corrected chi connectivity index (χ3v) is 3.82. The van der Waals surface area contributed by atoms with E-state index in [1.165, 1.54) is 6.07 Å². The number of hydrogen-bond acceptors (Lipinski definition) is 3. The van der Waals surface area contributed by atoms with Gasteiger partial charge in [0, 0.05) is 12.7 Å². The first-order chi connectivity index (χ1) is 8.63. The molecule has 0 aliphatic heterocycles. The van der Waals surface area contributed by atoms with Crippen molar-refractivity contribution < 1.29 is 13.5 Å². The van der Waals surface area contributed by atoms with Crippen LogP contribution in [0.2, 0.25) is 0 Å². The minimum Gasteiger partial charge on any atom is -0.376 e. The van der Waals surface area contributed by atoms with E-state index in [-0.39, 0.29) is 5.56 Å². The predicted octanol–water partition coefficient (Wildman–Crippen LogP) is 2.43. The van der Waals surface area contributed by atoms with E-state index >= 15 is 0 Å². The molecular formula is C13H18F2N2O. The minimum atomic E-state index is -0.552. The molecule has 1 unspecified atom stereocenters. The number of halogens is 2. The standard InChI is InChI=1S/C13H18F2N2O/c1-18-13(6-2-3-7-13)12(17-16)10-8-9(14)4-5-11(10)15/h4-5,8,12,17H,2-3,6-7,16H2,1H3. The third kappa shape index (κ3) is 2.25. The molecule has 0 saturated heterocycles. The van der Waals surface area contributed by atoms with Crippen molar-refractivity contribution in [2.45, 2.75) is 37.3 Å². The summed E-state index contributed by atoms with van der Waals surface area (Å²) in [7, 11) is 1.59. The van der Waals surface area contributed by atoms with E-state index in [9.17, 15) is 8.78 Å². The van der Waals surface area contributed by atoms with Gasteiger partial charge in [-0.1, -0.05) is 12.8 Å². The maximum atomic E-state index is 13.8. The molecule has 0 heterocycles. The van der Waals surface area contributed by atoms with Gasteiger partial charge in [0.15, 0.2) is 0 Å². The Bertz CT molecular complexity index is 419. The molecule has 1 saturated carbocycles. The second-order valence-corrected chi connectivity index (χ2v) is 4.74. The summed E-state index contributed by atoms with van der Waals surface area (Å²) in [5.74, 6) is 4.60. The zero-order valence-corrected chi connectivity index (χ0v) is 10.4. The van der Waals surface area contributed by atoms with Crippen LogP contribution in [-0.2, 0) is 4.74 Å². The maximum Gasteiger partial charge on any atom is 0.128 e. The fourth-order valence-corrected chi connectivity index (χ4v) is 2.84. The quantitative estimate of drug-likeness (QED) is 0.642. The Hall–Kier alpha value is -1.04. The zero-order valence-electron chi connectivity index (χ0n) is 10.4. The molecule has 1 aromatic rings. The van der Waals surface area contributed by atoms with E-state index in [0.29, 0.717) is 0 Å². The van der Waals surface area contributed by atoms with Gasteiger partial charge in [-0.2, -0.15) is 0 Å². The zero-order chi connectivity index (χ0) is 13.2. The highest BCUT2D eigenvalue weighted by Gasteiger charge is 2.43. The fourth-order valence-electron chi connectivity index (χ4n) is 2.84. The normalized spacial score (nSPS) is 20.0. The predicted molar refractivity (Wildman–Crippen MR) is 64.6 cm³/mol. The van der Waals surface area contributed by atoms with Crippen LogP contribution in [-0.4, -0.2) is 12.7 Å². The highest BCUT2D eigenvalue weighted by atomic mass is 19.1. The monoisotopic (exact) mass is 256 g/mol. The van der Waals surface area contributed by atoms with Crippen molar-refractivity contribution in [2.75, 3.05) is 7.11 Å². The van der Waals surface area contributed by atoms with E-state index in [2.05, 4.69) is 5.43 Å². The number of hydrazine groups is 1. The van der Waals surface area contributed by atoms with E-state index in [1.54, 1.807) is 7.11 Å². The highest BCUT2D eigenvalue weighted by Crippen LogP contribution is 2.42. The van der Waals surface area contributed by atoms with Gasteiger partial charge in [0.1, 0.15) is 11.6 Å². The molecule has 0 spiro atoms.